The van der Waals surface area contributed by atoms with Crippen LogP contribution in [0.5, 0.6) is 0 Å². The van der Waals surface area contributed by atoms with Gasteiger partial charge in [0.25, 0.3) is 0 Å². The van der Waals surface area contributed by atoms with E-state index in [2.05, 4.69) is 0 Å². The summed E-state index contributed by atoms with van der Waals surface area (Å²) in [5, 5.41) is 8.73. The molecule has 18 heavy (non-hydrogen) atoms. The van der Waals surface area contributed by atoms with Crippen molar-refractivity contribution in [1.82, 2.24) is 0 Å². The lowest BCUT2D eigenvalue weighted by Gasteiger charge is -2.20. The number of benzene rings is 1. The first kappa shape index (κ1) is 12.4. The van der Waals surface area contributed by atoms with E-state index in [4.69, 9.17) is 15.7 Å². The van der Waals surface area contributed by atoms with Crippen molar-refractivity contribution in [2.24, 2.45) is 5.73 Å². The second kappa shape index (κ2) is 4.67. The molecule has 94 valence electrons. The number of carbonyl (C=O) groups excluding carboxylic acids is 1. The fourth-order valence-electron chi connectivity index (χ4n) is 2.05. The third-order valence-corrected chi connectivity index (χ3v) is 3.03. The monoisotopic (exact) mass is 245 g/mol. The first-order valence-electron chi connectivity index (χ1n) is 5.79. The average Bonchev–Trinajstić information content (AvgIpc) is 2.65. The molecular formula is C13H15N3O2. The molecule has 1 aromatic rings. The normalized spacial score (nSPS) is 22.7. The molecule has 0 radical (unpaired) electrons. The van der Waals surface area contributed by atoms with E-state index in [0.717, 1.165) is 5.69 Å². The van der Waals surface area contributed by atoms with Crippen LogP contribution in [0.15, 0.2) is 24.3 Å². The van der Waals surface area contributed by atoms with Crippen molar-refractivity contribution < 1.29 is 9.53 Å². The summed E-state index contributed by atoms with van der Waals surface area (Å²) < 4.78 is 5.35. The summed E-state index contributed by atoms with van der Waals surface area (Å²) in [6.45, 7) is 2.83. The lowest BCUT2D eigenvalue weighted by atomic mass is 10.0. The van der Waals surface area contributed by atoms with Gasteiger partial charge in [-0.25, -0.2) is 4.79 Å². The minimum Gasteiger partial charge on any atom is -0.441 e. The Labute approximate surface area is 106 Å². The molecule has 1 aromatic carbocycles. The Hall–Kier alpha value is -2.06. The summed E-state index contributed by atoms with van der Waals surface area (Å²) in [6, 6.07) is 8.89. The van der Waals surface area contributed by atoms with Crippen LogP contribution >= 0.6 is 0 Å². The number of nitrogens with zero attached hydrogens (tertiary/aromatic N) is 2. The number of nitrogens with two attached hydrogens (primary N) is 1. The largest absolute Gasteiger partial charge is 0.441 e. The Kier molecular flexibility index (Phi) is 3.21. The van der Waals surface area contributed by atoms with Gasteiger partial charge in [-0.05, 0) is 37.7 Å². The van der Waals surface area contributed by atoms with E-state index >= 15 is 0 Å². The van der Waals surface area contributed by atoms with Crippen molar-refractivity contribution in [2.75, 3.05) is 18.0 Å². The lowest BCUT2D eigenvalue weighted by Crippen LogP contribution is -2.33. The summed E-state index contributed by atoms with van der Waals surface area (Å²) in [7, 11) is 0. The Morgan fingerprint density at radius 3 is 2.72 bits per heavy atom. The molecule has 1 saturated heterocycles. The average molecular weight is 245 g/mol. The standard InChI is InChI=1S/C13H15N3O2/c1-13(6-7-14)9-16(12(17)18-13)11-4-2-10(8-15)3-5-11/h2-5H,6-7,9,14H2,1H3. The van der Waals surface area contributed by atoms with Gasteiger partial charge in [-0.1, -0.05) is 0 Å². The summed E-state index contributed by atoms with van der Waals surface area (Å²) >= 11 is 0. The molecule has 0 spiro atoms. The molecule has 2 rings (SSSR count). The number of nitriles is 1. The molecule has 0 aromatic heterocycles. The summed E-state index contributed by atoms with van der Waals surface area (Å²) in [5.41, 5.74) is 6.29. The van der Waals surface area contributed by atoms with E-state index in [0.29, 0.717) is 25.1 Å². The van der Waals surface area contributed by atoms with E-state index in [1.807, 2.05) is 13.0 Å². The summed E-state index contributed by atoms with van der Waals surface area (Å²) in [6.07, 6.45) is 0.265. The topological polar surface area (TPSA) is 79.4 Å². The van der Waals surface area contributed by atoms with Crippen LogP contribution in [-0.4, -0.2) is 24.8 Å². The molecule has 2 N–H and O–H groups in total. The summed E-state index contributed by atoms with van der Waals surface area (Å²) in [5.74, 6) is 0. The molecule has 5 heteroatoms. The van der Waals surface area contributed by atoms with E-state index in [1.165, 1.54) is 0 Å². The van der Waals surface area contributed by atoms with Crippen LogP contribution < -0.4 is 10.6 Å². The van der Waals surface area contributed by atoms with Crippen LogP contribution in [0.2, 0.25) is 0 Å². The van der Waals surface area contributed by atoms with Gasteiger partial charge in [0, 0.05) is 12.1 Å². The molecule has 1 amide bonds. The fraction of sp³-hybridized carbons (Fsp3) is 0.385. The van der Waals surface area contributed by atoms with Crippen LogP contribution in [0.1, 0.15) is 18.9 Å². The zero-order valence-corrected chi connectivity index (χ0v) is 10.2. The van der Waals surface area contributed by atoms with Crippen LogP contribution in [0.3, 0.4) is 0 Å². The third-order valence-electron chi connectivity index (χ3n) is 3.03. The zero-order chi connectivity index (χ0) is 13.2. The van der Waals surface area contributed by atoms with Gasteiger partial charge in [0.1, 0.15) is 5.60 Å². The second-order valence-electron chi connectivity index (χ2n) is 4.60. The molecule has 1 aliphatic heterocycles. The first-order chi connectivity index (χ1) is 8.58. The third kappa shape index (κ3) is 2.29. The minimum atomic E-state index is -0.528. The molecule has 0 aliphatic carbocycles. The molecule has 0 saturated carbocycles. The molecule has 1 atom stereocenters. The minimum absolute atomic E-state index is 0.365. The predicted molar refractivity (Wildman–Crippen MR) is 67.1 cm³/mol. The number of anilines is 1. The van der Waals surface area contributed by atoms with Crippen LogP contribution in [0.25, 0.3) is 0 Å². The number of carbonyl (C=O) groups is 1. The van der Waals surface area contributed by atoms with Crippen LogP contribution in [0, 0.1) is 11.3 Å². The summed E-state index contributed by atoms with van der Waals surface area (Å²) in [4.78, 5) is 13.4. The fourth-order valence-corrected chi connectivity index (χ4v) is 2.05. The van der Waals surface area contributed by atoms with E-state index < -0.39 is 5.60 Å². The molecule has 1 aliphatic rings. The number of cyclic esters (lactones) is 1. The van der Waals surface area contributed by atoms with Gasteiger partial charge >= 0.3 is 6.09 Å². The van der Waals surface area contributed by atoms with Gasteiger partial charge in [-0.15, -0.1) is 0 Å². The molecule has 5 nitrogen and oxygen atoms in total. The van der Waals surface area contributed by atoms with E-state index in [1.54, 1.807) is 29.2 Å². The quantitative estimate of drug-likeness (QED) is 0.877. The molecule has 1 unspecified atom stereocenters. The van der Waals surface area contributed by atoms with E-state index in [9.17, 15) is 4.79 Å². The van der Waals surface area contributed by atoms with Crippen molar-refractivity contribution in [2.45, 2.75) is 18.9 Å². The second-order valence-corrected chi connectivity index (χ2v) is 4.60. The van der Waals surface area contributed by atoms with Crippen molar-refractivity contribution >= 4 is 11.8 Å². The van der Waals surface area contributed by atoms with Gasteiger partial charge in [0.2, 0.25) is 0 Å². The highest BCUT2D eigenvalue weighted by Crippen LogP contribution is 2.29. The van der Waals surface area contributed by atoms with Gasteiger partial charge in [-0.3, -0.25) is 4.90 Å². The maximum absolute atomic E-state index is 11.8. The SMILES string of the molecule is CC1(CCN)CN(c2ccc(C#N)cc2)C(=O)O1. The molecule has 1 fully saturated rings. The maximum Gasteiger partial charge on any atom is 0.415 e. The number of hydrogen-bond donors (Lipinski definition) is 1. The maximum atomic E-state index is 11.8. The Morgan fingerprint density at radius 1 is 1.50 bits per heavy atom. The Balaban J connectivity index is 2.19. The van der Waals surface area contributed by atoms with Crippen molar-refractivity contribution in [3.63, 3.8) is 0 Å². The number of rotatable bonds is 3. The Bertz CT molecular complexity index is 492. The molecule has 1 heterocycles. The Morgan fingerprint density at radius 2 is 2.17 bits per heavy atom. The van der Waals surface area contributed by atoms with Gasteiger partial charge in [0.15, 0.2) is 0 Å². The van der Waals surface area contributed by atoms with Crippen LogP contribution in [-0.2, 0) is 4.74 Å². The van der Waals surface area contributed by atoms with E-state index in [-0.39, 0.29) is 6.09 Å². The number of ether oxygens (including phenoxy) is 1. The molecular weight excluding hydrogens is 230 g/mol. The van der Waals surface area contributed by atoms with Gasteiger partial charge in [-0.2, -0.15) is 5.26 Å². The highest BCUT2D eigenvalue weighted by atomic mass is 16.6. The smallest absolute Gasteiger partial charge is 0.415 e. The predicted octanol–water partition coefficient (Wildman–Crippen LogP) is 1.62. The zero-order valence-electron chi connectivity index (χ0n) is 10.2. The van der Waals surface area contributed by atoms with Crippen molar-refractivity contribution in [1.29, 1.82) is 5.26 Å². The first-order valence-corrected chi connectivity index (χ1v) is 5.79. The molecule has 0 bridgehead atoms. The highest BCUT2D eigenvalue weighted by molar-refractivity contribution is 5.90. The van der Waals surface area contributed by atoms with Crippen molar-refractivity contribution in [3.05, 3.63) is 29.8 Å². The van der Waals surface area contributed by atoms with Gasteiger partial charge < -0.3 is 10.5 Å². The van der Waals surface area contributed by atoms with Gasteiger partial charge in [0.05, 0.1) is 18.2 Å². The number of amides is 1. The van der Waals surface area contributed by atoms with Crippen LogP contribution in [0.4, 0.5) is 10.5 Å². The highest BCUT2D eigenvalue weighted by Gasteiger charge is 2.41. The lowest BCUT2D eigenvalue weighted by molar-refractivity contribution is 0.0672. The number of hydrogen-bond acceptors (Lipinski definition) is 4. The van der Waals surface area contributed by atoms with Crippen molar-refractivity contribution in [3.8, 4) is 6.07 Å².